The van der Waals surface area contributed by atoms with E-state index in [-0.39, 0.29) is 0 Å². The molecule has 0 bridgehead atoms. The van der Waals surface area contributed by atoms with E-state index < -0.39 is 0 Å². The van der Waals surface area contributed by atoms with Crippen molar-refractivity contribution < 1.29 is 0 Å². The molecule has 1 N–H and O–H groups in total. The summed E-state index contributed by atoms with van der Waals surface area (Å²) < 4.78 is 0. The lowest BCUT2D eigenvalue weighted by Crippen LogP contribution is -1.99. The zero-order valence-electron chi connectivity index (χ0n) is 12.6. The summed E-state index contributed by atoms with van der Waals surface area (Å²) in [6.45, 7) is 2.32. The number of rotatable bonds is 0. The van der Waals surface area contributed by atoms with Crippen molar-refractivity contribution in [2.75, 3.05) is 0 Å². The Morgan fingerprint density at radius 3 is 2.68 bits per heavy atom. The maximum absolute atomic E-state index is 3.60. The minimum atomic E-state index is 0.601. The molecule has 1 aliphatic carbocycles. The highest BCUT2D eigenvalue weighted by Gasteiger charge is 2.18. The number of H-pyrrole nitrogens is 1. The zero-order chi connectivity index (χ0) is 14.7. The van der Waals surface area contributed by atoms with E-state index in [1.807, 2.05) is 0 Å². The smallest absolute Gasteiger partial charge is 0.0471 e. The van der Waals surface area contributed by atoms with Gasteiger partial charge in [0.15, 0.2) is 0 Å². The number of fused-ring (bicyclic) bond motifs is 7. The molecule has 22 heavy (non-hydrogen) atoms. The molecule has 0 amide bonds. The molecule has 0 radical (unpaired) electrons. The summed E-state index contributed by atoms with van der Waals surface area (Å²) in [5.74, 6) is 0.601. The second-order valence-corrected chi connectivity index (χ2v) is 6.36. The van der Waals surface area contributed by atoms with E-state index in [1.165, 1.54) is 43.7 Å². The third-order valence-electron chi connectivity index (χ3n) is 5.03. The molecule has 0 spiro atoms. The van der Waals surface area contributed by atoms with Gasteiger partial charge in [0.2, 0.25) is 0 Å². The first kappa shape index (κ1) is 12.0. The predicted molar refractivity (Wildman–Crippen MR) is 95.4 cm³/mol. The third-order valence-corrected chi connectivity index (χ3v) is 5.03. The van der Waals surface area contributed by atoms with E-state index in [4.69, 9.17) is 0 Å². The van der Waals surface area contributed by atoms with E-state index in [9.17, 15) is 0 Å². The number of allylic oxidation sites excluding steroid dienone is 1. The highest BCUT2D eigenvalue weighted by Crippen LogP contribution is 2.40. The first-order valence-corrected chi connectivity index (χ1v) is 7.95. The van der Waals surface area contributed by atoms with Gasteiger partial charge in [0.05, 0.1) is 0 Å². The molecule has 106 valence electrons. The van der Waals surface area contributed by atoms with Gasteiger partial charge in [-0.1, -0.05) is 55.5 Å². The molecule has 3 aromatic carbocycles. The Labute approximate surface area is 129 Å². The van der Waals surface area contributed by atoms with Crippen molar-refractivity contribution in [3.63, 3.8) is 0 Å². The van der Waals surface area contributed by atoms with Crippen LogP contribution in [0.15, 0.2) is 54.6 Å². The Hall–Kier alpha value is -2.54. The van der Waals surface area contributed by atoms with Crippen LogP contribution in [0.25, 0.3) is 38.7 Å². The fourth-order valence-corrected chi connectivity index (χ4v) is 3.93. The van der Waals surface area contributed by atoms with E-state index in [0.29, 0.717) is 5.92 Å². The summed E-state index contributed by atoms with van der Waals surface area (Å²) in [4.78, 5) is 3.60. The van der Waals surface area contributed by atoms with E-state index >= 15 is 0 Å². The summed E-state index contributed by atoms with van der Waals surface area (Å²) in [6.07, 6.45) is 5.77. The first-order valence-electron chi connectivity index (χ1n) is 7.95. The summed E-state index contributed by atoms with van der Waals surface area (Å²) in [7, 11) is 0. The van der Waals surface area contributed by atoms with Gasteiger partial charge in [0, 0.05) is 21.8 Å². The molecule has 1 heterocycles. The maximum Gasteiger partial charge on any atom is 0.0471 e. The first-order chi connectivity index (χ1) is 10.8. The third kappa shape index (κ3) is 1.48. The fourth-order valence-electron chi connectivity index (χ4n) is 3.93. The van der Waals surface area contributed by atoms with Crippen molar-refractivity contribution in [2.45, 2.75) is 19.3 Å². The molecule has 0 aliphatic heterocycles. The number of hydrogen-bond acceptors (Lipinski definition) is 0. The number of hydrogen-bond donors (Lipinski definition) is 1. The molecule has 1 nitrogen and oxygen atoms in total. The van der Waals surface area contributed by atoms with Gasteiger partial charge < -0.3 is 4.98 Å². The van der Waals surface area contributed by atoms with E-state index in [1.54, 1.807) is 0 Å². The molecule has 1 aliphatic rings. The molecule has 1 unspecified atom stereocenters. The Balaban J connectivity index is 2.07. The molecular formula is C21H17N. The second-order valence-electron chi connectivity index (χ2n) is 6.36. The summed E-state index contributed by atoms with van der Waals surface area (Å²) in [5, 5.41) is 5.39. The molecule has 0 saturated heterocycles. The Morgan fingerprint density at radius 1 is 0.909 bits per heavy atom. The van der Waals surface area contributed by atoms with Crippen LogP contribution >= 0.6 is 0 Å². The van der Waals surface area contributed by atoms with Crippen molar-refractivity contribution >= 4 is 38.7 Å². The molecule has 1 atom stereocenters. The standard InChI is InChI=1S/C21H17N/c1-13-5-4-8-17-15(13)10-12-19-21(17)20-16-7-3-2-6-14(16)9-11-18(20)22-19/h2-4,6-13,22H,5H2,1H3. The van der Waals surface area contributed by atoms with Crippen molar-refractivity contribution in [1.82, 2.24) is 4.98 Å². The lowest BCUT2D eigenvalue weighted by Gasteiger charge is -2.18. The normalized spacial score (nSPS) is 17.4. The molecule has 0 saturated carbocycles. The van der Waals surface area contributed by atoms with Gasteiger partial charge in [-0.05, 0) is 46.4 Å². The molecule has 0 fully saturated rings. The highest BCUT2D eigenvalue weighted by atomic mass is 14.7. The van der Waals surface area contributed by atoms with Crippen LogP contribution in [-0.4, -0.2) is 4.98 Å². The zero-order valence-corrected chi connectivity index (χ0v) is 12.6. The van der Waals surface area contributed by atoms with Gasteiger partial charge in [0.25, 0.3) is 0 Å². The van der Waals surface area contributed by atoms with Crippen LogP contribution in [0.1, 0.15) is 30.4 Å². The lowest BCUT2D eigenvalue weighted by molar-refractivity contribution is 0.773. The van der Waals surface area contributed by atoms with Gasteiger partial charge in [-0.3, -0.25) is 0 Å². The van der Waals surface area contributed by atoms with Crippen LogP contribution in [0, 0.1) is 0 Å². The van der Waals surface area contributed by atoms with E-state index in [2.05, 4.69) is 72.6 Å². The fraction of sp³-hybridized carbons (Fsp3) is 0.143. The summed E-state index contributed by atoms with van der Waals surface area (Å²) in [6, 6.07) is 17.6. The summed E-state index contributed by atoms with van der Waals surface area (Å²) in [5.41, 5.74) is 5.35. The summed E-state index contributed by atoms with van der Waals surface area (Å²) >= 11 is 0. The van der Waals surface area contributed by atoms with Crippen LogP contribution < -0.4 is 0 Å². The molecular weight excluding hydrogens is 266 g/mol. The lowest BCUT2D eigenvalue weighted by atomic mass is 9.86. The van der Waals surface area contributed by atoms with Crippen molar-refractivity contribution in [2.24, 2.45) is 0 Å². The Bertz CT molecular complexity index is 1070. The Kier molecular flexibility index (Phi) is 2.32. The van der Waals surface area contributed by atoms with Gasteiger partial charge in [0.1, 0.15) is 0 Å². The van der Waals surface area contributed by atoms with E-state index in [0.717, 1.165) is 6.42 Å². The minimum absolute atomic E-state index is 0.601. The topological polar surface area (TPSA) is 15.8 Å². The van der Waals surface area contributed by atoms with Crippen molar-refractivity contribution in [1.29, 1.82) is 0 Å². The van der Waals surface area contributed by atoms with Gasteiger partial charge >= 0.3 is 0 Å². The van der Waals surface area contributed by atoms with Crippen molar-refractivity contribution in [3.05, 3.63) is 65.7 Å². The Morgan fingerprint density at radius 2 is 1.73 bits per heavy atom. The molecule has 4 aromatic rings. The number of benzene rings is 3. The maximum atomic E-state index is 3.60. The predicted octanol–water partition coefficient (Wildman–Crippen LogP) is 5.99. The number of aromatic nitrogens is 1. The van der Waals surface area contributed by atoms with Gasteiger partial charge in [-0.15, -0.1) is 0 Å². The average Bonchev–Trinajstić information content (AvgIpc) is 2.94. The second kappa shape index (κ2) is 4.23. The van der Waals surface area contributed by atoms with Crippen molar-refractivity contribution in [3.8, 4) is 0 Å². The molecule has 5 rings (SSSR count). The quantitative estimate of drug-likeness (QED) is 0.407. The van der Waals surface area contributed by atoms with Gasteiger partial charge in [-0.2, -0.15) is 0 Å². The monoisotopic (exact) mass is 283 g/mol. The largest absolute Gasteiger partial charge is 0.354 e. The SMILES string of the molecule is CC1CC=Cc2c1ccc1[nH]c3ccc4ccccc4c3c21. The minimum Gasteiger partial charge on any atom is -0.354 e. The number of aromatic amines is 1. The van der Waals surface area contributed by atoms with Crippen LogP contribution in [0.2, 0.25) is 0 Å². The molecule has 1 aromatic heterocycles. The van der Waals surface area contributed by atoms with Crippen LogP contribution in [0.3, 0.4) is 0 Å². The number of nitrogens with one attached hydrogen (secondary N) is 1. The highest BCUT2D eigenvalue weighted by molar-refractivity contribution is 6.22. The van der Waals surface area contributed by atoms with Crippen LogP contribution in [0.4, 0.5) is 0 Å². The van der Waals surface area contributed by atoms with Crippen LogP contribution in [0.5, 0.6) is 0 Å². The average molecular weight is 283 g/mol. The van der Waals surface area contributed by atoms with Crippen LogP contribution in [-0.2, 0) is 0 Å². The van der Waals surface area contributed by atoms with Gasteiger partial charge in [-0.25, -0.2) is 0 Å². The molecule has 1 heteroatoms.